The first kappa shape index (κ1) is 12.9. The number of rotatable bonds is 5. The zero-order valence-corrected chi connectivity index (χ0v) is 10.0. The molecule has 16 heavy (non-hydrogen) atoms. The van der Waals surface area contributed by atoms with Crippen molar-refractivity contribution >= 4 is 17.7 Å². The van der Waals surface area contributed by atoms with Crippen LogP contribution in [0.25, 0.3) is 0 Å². The van der Waals surface area contributed by atoms with Crippen molar-refractivity contribution in [2.45, 2.75) is 11.9 Å². The van der Waals surface area contributed by atoms with Gasteiger partial charge in [-0.15, -0.1) is 11.8 Å². The van der Waals surface area contributed by atoms with Gasteiger partial charge in [-0.2, -0.15) is 0 Å². The Balaban J connectivity index is 2.64. The van der Waals surface area contributed by atoms with Crippen LogP contribution >= 0.6 is 11.8 Å². The van der Waals surface area contributed by atoms with Gasteiger partial charge in [0.25, 0.3) is 0 Å². The first-order chi connectivity index (χ1) is 7.67. The lowest BCUT2D eigenvalue weighted by Gasteiger charge is -2.06. The van der Waals surface area contributed by atoms with Crippen molar-refractivity contribution < 1.29 is 14.6 Å². The number of aliphatic hydroxyl groups is 1. The summed E-state index contributed by atoms with van der Waals surface area (Å²) < 4.78 is 4.52. The average Bonchev–Trinajstić information content (AvgIpc) is 2.35. The van der Waals surface area contributed by atoms with Gasteiger partial charge < -0.3 is 9.84 Å². The Hall–Kier alpha value is -1.14. The van der Waals surface area contributed by atoms with E-state index < -0.39 is 5.97 Å². The Morgan fingerprint density at radius 2 is 2.44 bits per heavy atom. The second-order valence-corrected chi connectivity index (χ2v) is 4.35. The highest BCUT2D eigenvalue weighted by Gasteiger charge is 2.10. The molecule has 0 fully saturated rings. The lowest BCUT2D eigenvalue weighted by atomic mass is 10.2. The number of methoxy groups -OCH3 is 1. The summed E-state index contributed by atoms with van der Waals surface area (Å²) in [6.45, 7) is 2.08. The first-order valence-corrected chi connectivity index (χ1v) is 5.81. The maximum Gasteiger partial charge on any atom is 0.376 e. The summed E-state index contributed by atoms with van der Waals surface area (Å²) in [5.41, 5.74) is 0. The van der Waals surface area contributed by atoms with Gasteiger partial charge in [-0.1, -0.05) is 6.92 Å². The van der Waals surface area contributed by atoms with E-state index in [2.05, 4.69) is 14.7 Å². The minimum absolute atomic E-state index is 0.0594. The largest absolute Gasteiger partial charge is 0.463 e. The number of carbonyl (C=O) groups excluding carboxylic acids is 1. The first-order valence-electron chi connectivity index (χ1n) is 4.82. The van der Waals surface area contributed by atoms with Crippen LogP contribution in [0.1, 0.15) is 17.5 Å². The molecule has 0 aliphatic rings. The van der Waals surface area contributed by atoms with Crippen LogP contribution in [0.5, 0.6) is 0 Å². The summed E-state index contributed by atoms with van der Waals surface area (Å²) in [7, 11) is 1.29. The monoisotopic (exact) mass is 242 g/mol. The molecule has 0 spiro atoms. The van der Waals surface area contributed by atoms with Crippen LogP contribution in [0, 0.1) is 5.92 Å². The molecule has 0 aliphatic heterocycles. The highest BCUT2D eigenvalue weighted by atomic mass is 32.2. The number of hydrogen-bond donors (Lipinski definition) is 1. The normalized spacial score (nSPS) is 12.2. The molecule has 0 aliphatic carbocycles. The maximum absolute atomic E-state index is 11.2. The third-order valence-electron chi connectivity index (χ3n) is 1.83. The zero-order valence-electron chi connectivity index (χ0n) is 9.21. The summed E-state index contributed by atoms with van der Waals surface area (Å²) in [5.74, 6) is 0.456. The fourth-order valence-electron chi connectivity index (χ4n) is 0.893. The van der Waals surface area contributed by atoms with E-state index in [9.17, 15) is 4.79 Å². The van der Waals surface area contributed by atoms with Gasteiger partial charge >= 0.3 is 5.97 Å². The predicted octanol–water partition coefficient (Wildman–Crippen LogP) is 0.984. The molecule has 1 atom stereocenters. The van der Waals surface area contributed by atoms with Crippen LogP contribution in [-0.2, 0) is 4.74 Å². The summed E-state index contributed by atoms with van der Waals surface area (Å²) in [5, 5.41) is 9.58. The minimum atomic E-state index is -0.544. The van der Waals surface area contributed by atoms with E-state index in [1.165, 1.54) is 25.1 Å². The Kier molecular flexibility index (Phi) is 5.21. The summed E-state index contributed by atoms with van der Waals surface area (Å²) >= 11 is 1.48. The van der Waals surface area contributed by atoms with E-state index in [4.69, 9.17) is 5.11 Å². The van der Waals surface area contributed by atoms with Crippen LogP contribution in [-0.4, -0.2) is 40.5 Å². The van der Waals surface area contributed by atoms with Crippen LogP contribution in [0.15, 0.2) is 17.3 Å². The molecule has 0 radical (unpaired) electrons. The SMILES string of the molecule is COC(=O)c1nccc(SCC(C)CO)n1. The second-order valence-electron chi connectivity index (χ2n) is 3.31. The molecule has 1 aromatic heterocycles. The predicted molar refractivity (Wildman–Crippen MR) is 60.3 cm³/mol. The van der Waals surface area contributed by atoms with Gasteiger partial charge in [0, 0.05) is 18.6 Å². The van der Waals surface area contributed by atoms with Crippen molar-refractivity contribution in [1.82, 2.24) is 9.97 Å². The Morgan fingerprint density at radius 1 is 1.69 bits per heavy atom. The Labute approximate surface area is 98.3 Å². The van der Waals surface area contributed by atoms with Crippen LogP contribution in [0.2, 0.25) is 0 Å². The van der Waals surface area contributed by atoms with Crippen molar-refractivity contribution in [3.8, 4) is 0 Å². The molecule has 0 aromatic carbocycles. The van der Waals surface area contributed by atoms with Crippen molar-refractivity contribution in [1.29, 1.82) is 0 Å². The number of carbonyl (C=O) groups is 1. The Bertz CT molecular complexity index is 360. The molecule has 0 bridgehead atoms. The van der Waals surface area contributed by atoms with E-state index in [-0.39, 0.29) is 18.3 Å². The lowest BCUT2D eigenvalue weighted by molar-refractivity contribution is 0.0585. The maximum atomic E-state index is 11.2. The number of ether oxygens (including phenoxy) is 1. The second kappa shape index (κ2) is 6.44. The van der Waals surface area contributed by atoms with Crippen molar-refractivity contribution in [2.75, 3.05) is 19.5 Å². The molecule has 1 aromatic rings. The molecule has 6 heteroatoms. The molecule has 1 unspecified atom stereocenters. The molecule has 5 nitrogen and oxygen atoms in total. The smallest absolute Gasteiger partial charge is 0.376 e. The molecule has 1 N–H and O–H groups in total. The topological polar surface area (TPSA) is 72.3 Å². The number of aliphatic hydroxyl groups excluding tert-OH is 1. The van der Waals surface area contributed by atoms with Gasteiger partial charge in [0.1, 0.15) is 5.03 Å². The molecule has 0 saturated carbocycles. The number of thioether (sulfide) groups is 1. The van der Waals surface area contributed by atoms with E-state index in [0.29, 0.717) is 5.03 Å². The number of nitrogens with zero attached hydrogens (tertiary/aromatic N) is 2. The minimum Gasteiger partial charge on any atom is -0.463 e. The number of esters is 1. The average molecular weight is 242 g/mol. The van der Waals surface area contributed by atoms with E-state index in [1.807, 2.05) is 6.92 Å². The highest BCUT2D eigenvalue weighted by molar-refractivity contribution is 7.99. The van der Waals surface area contributed by atoms with Gasteiger partial charge in [-0.05, 0) is 12.0 Å². The molecule has 1 rings (SSSR count). The van der Waals surface area contributed by atoms with Crippen LogP contribution in [0.3, 0.4) is 0 Å². The van der Waals surface area contributed by atoms with Crippen molar-refractivity contribution in [3.63, 3.8) is 0 Å². The van der Waals surface area contributed by atoms with Gasteiger partial charge in [0.15, 0.2) is 0 Å². The molecular formula is C10H14N2O3S. The molecule has 0 saturated heterocycles. The Morgan fingerprint density at radius 3 is 3.06 bits per heavy atom. The third-order valence-corrected chi connectivity index (χ3v) is 3.08. The molecule has 1 heterocycles. The lowest BCUT2D eigenvalue weighted by Crippen LogP contribution is -2.08. The van der Waals surface area contributed by atoms with Gasteiger partial charge in [-0.25, -0.2) is 14.8 Å². The van der Waals surface area contributed by atoms with E-state index in [0.717, 1.165) is 5.75 Å². The third kappa shape index (κ3) is 3.79. The van der Waals surface area contributed by atoms with Crippen LogP contribution in [0.4, 0.5) is 0 Å². The molecule has 88 valence electrons. The van der Waals surface area contributed by atoms with Gasteiger partial charge in [0.2, 0.25) is 5.82 Å². The highest BCUT2D eigenvalue weighted by Crippen LogP contribution is 2.17. The molecular weight excluding hydrogens is 228 g/mol. The summed E-state index contributed by atoms with van der Waals surface area (Å²) in [4.78, 5) is 19.0. The van der Waals surface area contributed by atoms with Gasteiger partial charge in [-0.3, -0.25) is 0 Å². The van der Waals surface area contributed by atoms with Crippen LogP contribution < -0.4 is 0 Å². The molecule has 0 amide bonds. The number of hydrogen-bond acceptors (Lipinski definition) is 6. The standard InChI is InChI=1S/C10H14N2O3S/c1-7(5-13)6-16-8-3-4-11-9(12-8)10(14)15-2/h3-4,7,13H,5-6H2,1-2H3. The quantitative estimate of drug-likeness (QED) is 0.471. The summed E-state index contributed by atoms with van der Waals surface area (Å²) in [6, 6.07) is 1.72. The number of aromatic nitrogens is 2. The van der Waals surface area contributed by atoms with Gasteiger partial charge in [0.05, 0.1) is 7.11 Å². The summed E-state index contributed by atoms with van der Waals surface area (Å²) in [6.07, 6.45) is 1.52. The van der Waals surface area contributed by atoms with Crippen molar-refractivity contribution in [3.05, 3.63) is 18.1 Å². The fourth-order valence-corrected chi connectivity index (χ4v) is 1.76. The fraction of sp³-hybridized carbons (Fsp3) is 0.500. The van der Waals surface area contributed by atoms with E-state index >= 15 is 0 Å². The van der Waals surface area contributed by atoms with Crippen molar-refractivity contribution in [2.24, 2.45) is 5.92 Å². The zero-order chi connectivity index (χ0) is 12.0. The van der Waals surface area contributed by atoms with E-state index in [1.54, 1.807) is 6.07 Å².